The fourth-order valence-corrected chi connectivity index (χ4v) is 3.51. The summed E-state index contributed by atoms with van der Waals surface area (Å²) < 4.78 is 31.2. The highest BCUT2D eigenvalue weighted by molar-refractivity contribution is 7.92. The van der Waals surface area contributed by atoms with Crippen molar-refractivity contribution in [2.75, 3.05) is 23.7 Å². The third-order valence-electron chi connectivity index (χ3n) is 4.04. The largest absolute Gasteiger partial charge is 0.379 e. The van der Waals surface area contributed by atoms with Gasteiger partial charge < -0.3 is 10.1 Å². The van der Waals surface area contributed by atoms with Crippen molar-refractivity contribution < 1.29 is 17.9 Å². The molecule has 1 N–H and O–H groups in total. The van der Waals surface area contributed by atoms with Crippen molar-refractivity contribution in [2.45, 2.75) is 32.9 Å². The number of carbonyl (C=O) groups excluding carboxylic acids is 1. The summed E-state index contributed by atoms with van der Waals surface area (Å²) in [7, 11) is -3.46. The van der Waals surface area contributed by atoms with Gasteiger partial charge in [-0.2, -0.15) is 0 Å². The van der Waals surface area contributed by atoms with Crippen LogP contribution in [0, 0.1) is 0 Å². The molecule has 0 spiro atoms. The molecule has 1 amide bonds. The summed E-state index contributed by atoms with van der Waals surface area (Å²) >= 11 is 0. The van der Waals surface area contributed by atoms with Crippen molar-refractivity contribution in [3.05, 3.63) is 65.7 Å². The highest BCUT2D eigenvalue weighted by Gasteiger charge is 2.18. The van der Waals surface area contributed by atoms with E-state index in [0.29, 0.717) is 24.4 Å². The van der Waals surface area contributed by atoms with Gasteiger partial charge in [-0.25, -0.2) is 8.42 Å². The molecule has 6 nitrogen and oxygen atoms in total. The van der Waals surface area contributed by atoms with Crippen LogP contribution in [-0.4, -0.2) is 39.8 Å². The predicted octanol–water partition coefficient (Wildman–Crippen LogP) is 3.20. The zero-order valence-electron chi connectivity index (χ0n) is 16.6. The van der Waals surface area contributed by atoms with Gasteiger partial charge in [-0.05, 0) is 50.1 Å². The van der Waals surface area contributed by atoms with Crippen LogP contribution in [-0.2, 0) is 21.3 Å². The lowest BCUT2D eigenvalue weighted by Gasteiger charge is -2.22. The van der Waals surface area contributed by atoms with Crippen molar-refractivity contribution in [1.29, 1.82) is 0 Å². The van der Waals surface area contributed by atoms with Crippen LogP contribution in [0.4, 0.5) is 5.69 Å². The SMILES string of the molecule is CC(C)OCCCNC(=O)c1ccc(N(Cc2ccccc2)S(C)(=O)=O)cc1. The first kappa shape index (κ1) is 21.9. The molecule has 0 aliphatic rings. The van der Waals surface area contributed by atoms with Crippen LogP contribution in [0.25, 0.3) is 0 Å². The zero-order valence-corrected chi connectivity index (χ0v) is 17.4. The molecule has 2 aromatic carbocycles. The molecular formula is C21H28N2O4S. The van der Waals surface area contributed by atoms with E-state index < -0.39 is 10.0 Å². The van der Waals surface area contributed by atoms with E-state index in [1.807, 2.05) is 44.2 Å². The molecule has 2 aromatic rings. The molecule has 0 radical (unpaired) electrons. The van der Waals surface area contributed by atoms with Crippen molar-refractivity contribution in [1.82, 2.24) is 5.32 Å². The van der Waals surface area contributed by atoms with E-state index in [0.717, 1.165) is 12.0 Å². The first-order valence-electron chi connectivity index (χ1n) is 9.29. The molecule has 0 aliphatic heterocycles. The lowest BCUT2D eigenvalue weighted by atomic mass is 10.1. The third-order valence-corrected chi connectivity index (χ3v) is 5.19. The zero-order chi connectivity index (χ0) is 20.6. The van der Waals surface area contributed by atoms with Crippen molar-refractivity contribution in [2.24, 2.45) is 0 Å². The summed E-state index contributed by atoms with van der Waals surface area (Å²) in [6, 6.07) is 16.0. The van der Waals surface area contributed by atoms with Gasteiger partial charge in [0.1, 0.15) is 0 Å². The number of carbonyl (C=O) groups is 1. The molecule has 0 atom stereocenters. The van der Waals surface area contributed by atoms with Gasteiger partial charge >= 0.3 is 0 Å². The number of nitrogens with zero attached hydrogens (tertiary/aromatic N) is 1. The summed E-state index contributed by atoms with van der Waals surface area (Å²) in [5.41, 5.74) is 1.90. The molecule has 7 heteroatoms. The Morgan fingerprint density at radius 3 is 2.29 bits per heavy atom. The van der Waals surface area contributed by atoms with Gasteiger partial charge in [0.25, 0.3) is 5.91 Å². The van der Waals surface area contributed by atoms with E-state index in [9.17, 15) is 13.2 Å². The molecule has 0 heterocycles. The van der Waals surface area contributed by atoms with E-state index in [-0.39, 0.29) is 18.6 Å². The lowest BCUT2D eigenvalue weighted by Crippen LogP contribution is -2.29. The molecule has 0 aromatic heterocycles. The maximum atomic E-state index is 12.2. The first-order valence-corrected chi connectivity index (χ1v) is 11.1. The number of hydrogen-bond acceptors (Lipinski definition) is 4. The Balaban J connectivity index is 2.01. The van der Waals surface area contributed by atoms with E-state index >= 15 is 0 Å². The molecule has 28 heavy (non-hydrogen) atoms. The number of nitrogens with one attached hydrogen (secondary N) is 1. The fraction of sp³-hybridized carbons (Fsp3) is 0.381. The molecule has 2 rings (SSSR count). The fourth-order valence-electron chi connectivity index (χ4n) is 2.62. The van der Waals surface area contributed by atoms with Gasteiger partial charge in [0, 0.05) is 18.7 Å². The van der Waals surface area contributed by atoms with Crippen LogP contribution in [0.3, 0.4) is 0 Å². The van der Waals surface area contributed by atoms with Gasteiger partial charge in [-0.1, -0.05) is 30.3 Å². The maximum Gasteiger partial charge on any atom is 0.251 e. The first-order chi connectivity index (χ1) is 13.3. The molecule has 0 saturated heterocycles. The molecule has 152 valence electrons. The van der Waals surface area contributed by atoms with Crippen LogP contribution < -0.4 is 9.62 Å². The highest BCUT2D eigenvalue weighted by atomic mass is 32.2. The monoisotopic (exact) mass is 404 g/mol. The minimum absolute atomic E-state index is 0.178. The number of rotatable bonds is 10. The Kier molecular flexibility index (Phi) is 8.02. The van der Waals surface area contributed by atoms with Gasteiger partial charge in [-0.3, -0.25) is 9.10 Å². The van der Waals surface area contributed by atoms with E-state index in [4.69, 9.17) is 4.74 Å². The summed E-state index contributed by atoms with van der Waals surface area (Å²) in [5.74, 6) is -0.190. The number of ether oxygens (including phenoxy) is 1. The normalized spacial score (nSPS) is 11.4. The van der Waals surface area contributed by atoms with Crippen molar-refractivity contribution in [3.63, 3.8) is 0 Å². The Labute approximate surface area is 167 Å². The molecule has 0 aliphatic carbocycles. The number of sulfonamides is 1. The second kappa shape index (κ2) is 10.2. The van der Waals surface area contributed by atoms with Crippen LogP contribution in [0.1, 0.15) is 36.2 Å². The second-order valence-corrected chi connectivity index (χ2v) is 8.74. The predicted molar refractivity (Wildman–Crippen MR) is 112 cm³/mol. The van der Waals surface area contributed by atoms with Gasteiger partial charge in [0.2, 0.25) is 10.0 Å². The Hall–Kier alpha value is -2.38. The van der Waals surface area contributed by atoms with E-state index in [2.05, 4.69) is 5.32 Å². The Morgan fingerprint density at radius 2 is 1.71 bits per heavy atom. The quantitative estimate of drug-likeness (QED) is 0.617. The lowest BCUT2D eigenvalue weighted by molar-refractivity contribution is 0.0757. The Morgan fingerprint density at radius 1 is 1.07 bits per heavy atom. The summed E-state index contributed by atoms with van der Waals surface area (Å²) in [4.78, 5) is 12.2. The smallest absolute Gasteiger partial charge is 0.251 e. The molecule has 0 unspecified atom stereocenters. The summed E-state index contributed by atoms with van der Waals surface area (Å²) in [5, 5.41) is 2.84. The van der Waals surface area contributed by atoms with E-state index in [1.54, 1.807) is 24.3 Å². The highest BCUT2D eigenvalue weighted by Crippen LogP contribution is 2.21. The number of benzene rings is 2. The minimum atomic E-state index is -3.46. The van der Waals surface area contributed by atoms with Crippen LogP contribution >= 0.6 is 0 Å². The number of anilines is 1. The van der Waals surface area contributed by atoms with Gasteiger partial charge in [0.15, 0.2) is 0 Å². The Bertz CT molecular complexity index is 850. The summed E-state index contributed by atoms with van der Waals surface area (Å²) in [6.45, 7) is 5.30. The average molecular weight is 405 g/mol. The van der Waals surface area contributed by atoms with Gasteiger partial charge in [0.05, 0.1) is 24.6 Å². The van der Waals surface area contributed by atoms with Gasteiger partial charge in [-0.15, -0.1) is 0 Å². The standard InChI is InChI=1S/C21H28N2O4S/c1-17(2)27-15-7-14-22-21(24)19-10-12-20(13-11-19)23(28(3,25)26)16-18-8-5-4-6-9-18/h4-6,8-13,17H,7,14-16H2,1-3H3,(H,22,24). The molecular weight excluding hydrogens is 376 g/mol. The molecule has 0 saturated carbocycles. The topological polar surface area (TPSA) is 75.7 Å². The average Bonchev–Trinajstić information content (AvgIpc) is 2.65. The van der Waals surface area contributed by atoms with E-state index in [1.165, 1.54) is 10.6 Å². The summed E-state index contributed by atoms with van der Waals surface area (Å²) in [6.07, 6.45) is 2.09. The maximum absolute atomic E-state index is 12.2. The third kappa shape index (κ3) is 6.98. The molecule has 0 fully saturated rings. The van der Waals surface area contributed by atoms with Crippen LogP contribution in [0.5, 0.6) is 0 Å². The number of amides is 1. The van der Waals surface area contributed by atoms with Crippen LogP contribution in [0.15, 0.2) is 54.6 Å². The second-order valence-electron chi connectivity index (χ2n) is 6.83. The molecule has 0 bridgehead atoms. The minimum Gasteiger partial charge on any atom is -0.379 e. The van der Waals surface area contributed by atoms with Crippen LogP contribution in [0.2, 0.25) is 0 Å². The number of hydrogen-bond donors (Lipinski definition) is 1. The van der Waals surface area contributed by atoms with Crippen molar-refractivity contribution in [3.8, 4) is 0 Å². The van der Waals surface area contributed by atoms with Crippen molar-refractivity contribution >= 4 is 21.6 Å².